The lowest BCUT2D eigenvalue weighted by molar-refractivity contribution is -0.115. The molecule has 0 aromatic heterocycles. The van der Waals surface area contributed by atoms with E-state index in [9.17, 15) is 4.79 Å². The number of carbonyl (C=O) groups excluding carboxylic acids is 1. The van der Waals surface area contributed by atoms with E-state index in [1.54, 1.807) is 6.92 Å². The Balaban J connectivity index is 2.07. The van der Waals surface area contributed by atoms with Crippen molar-refractivity contribution in [2.45, 2.75) is 6.92 Å². The molecule has 0 spiro atoms. The Hall–Kier alpha value is -2.00. The second-order valence-electron chi connectivity index (χ2n) is 4.43. The number of benzene rings is 2. The summed E-state index contributed by atoms with van der Waals surface area (Å²) in [6.07, 6.45) is 4.01. The van der Waals surface area contributed by atoms with Crippen LogP contribution in [0.25, 0.3) is 10.8 Å². The molecule has 0 atom stereocenters. The van der Waals surface area contributed by atoms with Crippen LogP contribution in [0, 0.1) is 0 Å². The van der Waals surface area contributed by atoms with Crippen LogP contribution in [0.5, 0.6) is 0 Å². The highest BCUT2D eigenvalue weighted by Gasteiger charge is 2.17. The molecule has 2 aromatic carbocycles. The van der Waals surface area contributed by atoms with Gasteiger partial charge < -0.3 is 0 Å². The molecular formula is C16H15NOS. The first-order valence-corrected chi connectivity index (χ1v) is 7.62. The van der Waals surface area contributed by atoms with Crippen LogP contribution < -0.4 is 4.31 Å². The summed E-state index contributed by atoms with van der Waals surface area (Å²) in [7, 11) is 0. The van der Waals surface area contributed by atoms with Crippen molar-refractivity contribution >= 4 is 33.4 Å². The smallest absolute Gasteiger partial charge is 0.232 e. The number of rotatable bonds is 2. The molecule has 0 radical (unpaired) electrons. The minimum atomic E-state index is -0.657. The summed E-state index contributed by atoms with van der Waals surface area (Å²) >= 11 is -0.657. The van der Waals surface area contributed by atoms with Crippen molar-refractivity contribution in [1.29, 1.82) is 0 Å². The molecular weight excluding hydrogens is 254 g/mol. The summed E-state index contributed by atoms with van der Waals surface area (Å²) in [6, 6.07) is 14.4. The number of fused-ring (bicyclic) bond motifs is 1. The number of carbonyl (C=O) groups is 1. The number of allylic oxidation sites excluding steroid dienone is 2. The number of amides is 1. The maximum absolute atomic E-state index is 11.9. The van der Waals surface area contributed by atoms with Crippen LogP contribution in [-0.4, -0.2) is 5.91 Å². The highest BCUT2D eigenvalue weighted by molar-refractivity contribution is 8.24. The first-order valence-electron chi connectivity index (χ1n) is 6.18. The predicted octanol–water partition coefficient (Wildman–Crippen LogP) is 4.15. The third-order valence-electron chi connectivity index (χ3n) is 3.10. The summed E-state index contributed by atoms with van der Waals surface area (Å²) < 4.78 is 1.88. The van der Waals surface area contributed by atoms with Crippen LogP contribution in [0.2, 0.25) is 0 Å². The molecule has 1 aliphatic rings. The van der Waals surface area contributed by atoms with Gasteiger partial charge in [0.05, 0.1) is 5.69 Å². The minimum Gasteiger partial charge on any atom is -0.274 e. The maximum Gasteiger partial charge on any atom is 0.232 e. The minimum absolute atomic E-state index is 0.0811. The van der Waals surface area contributed by atoms with E-state index >= 15 is 0 Å². The molecule has 1 heterocycles. The van der Waals surface area contributed by atoms with Crippen LogP contribution in [0.15, 0.2) is 65.4 Å². The van der Waals surface area contributed by atoms with E-state index in [0.29, 0.717) is 0 Å². The maximum atomic E-state index is 11.9. The number of thiol groups is 1. The van der Waals surface area contributed by atoms with E-state index in [-0.39, 0.29) is 5.91 Å². The van der Waals surface area contributed by atoms with Crippen LogP contribution in [0.3, 0.4) is 0 Å². The lowest BCUT2D eigenvalue weighted by atomic mass is 10.1. The van der Waals surface area contributed by atoms with Gasteiger partial charge in [0.25, 0.3) is 0 Å². The summed E-state index contributed by atoms with van der Waals surface area (Å²) in [5.41, 5.74) is 0.966. The quantitative estimate of drug-likeness (QED) is 0.812. The van der Waals surface area contributed by atoms with Gasteiger partial charge in [-0.1, -0.05) is 42.5 Å². The van der Waals surface area contributed by atoms with E-state index in [2.05, 4.69) is 35.1 Å². The average molecular weight is 269 g/mol. The van der Waals surface area contributed by atoms with Gasteiger partial charge in [-0.15, -0.1) is 11.1 Å². The van der Waals surface area contributed by atoms with Gasteiger partial charge in [0, 0.05) is 6.92 Å². The Labute approximate surface area is 115 Å². The zero-order valence-corrected chi connectivity index (χ0v) is 11.5. The molecule has 0 fully saturated rings. The van der Waals surface area contributed by atoms with Crippen molar-refractivity contribution in [3.8, 4) is 0 Å². The van der Waals surface area contributed by atoms with Crippen molar-refractivity contribution < 1.29 is 4.79 Å². The number of nitrogens with zero attached hydrogens (tertiary/aromatic N) is 1. The standard InChI is InChI=1S/C16H15NOS/c1-13(18)17(19-10-4-5-11-19)16-9-8-14-6-2-3-7-15(14)12-16/h2-12,19H,1H3. The zero-order valence-electron chi connectivity index (χ0n) is 10.7. The third kappa shape index (κ3) is 2.29. The third-order valence-corrected chi connectivity index (χ3v) is 5.03. The van der Waals surface area contributed by atoms with Crippen molar-refractivity contribution in [3.63, 3.8) is 0 Å². The highest BCUT2D eigenvalue weighted by atomic mass is 32.2. The monoisotopic (exact) mass is 269 g/mol. The molecule has 3 rings (SSSR count). The van der Waals surface area contributed by atoms with E-state index in [1.165, 1.54) is 5.39 Å². The average Bonchev–Trinajstić information content (AvgIpc) is 2.92. The van der Waals surface area contributed by atoms with Gasteiger partial charge in [-0.2, -0.15) is 0 Å². The SMILES string of the molecule is CC(=O)N(c1ccc2ccccc2c1)[SH]1C=CC=C1. The number of anilines is 1. The molecule has 3 heteroatoms. The molecule has 1 amide bonds. The number of hydrogen-bond acceptors (Lipinski definition) is 1. The normalized spacial score (nSPS) is 15.1. The van der Waals surface area contributed by atoms with Gasteiger partial charge in [0.1, 0.15) is 0 Å². The lowest BCUT2D eigenvalue weighted by Gasteiger charge is -2.28. The van der Waals surface area contributed by atoms with E-state index in [0.717, 1.165) is 11.1 Å². The molecule has 0 saturated heterocycles. The highest BCUT2D eigenvalue weighted by Crippen LogP contribution is 2.41. The van der Waals surface area contributed by atoms with Crippen LogP contribution >= 0.6 is 11.1 Å². The molecule has 1 aliphatic heterocycles. The fraction of sp³-hybridized carbons (Fsp3) is 0.0625. The molecule has 19 heavy (non-hydrogen) atoms. The van der Waals surface area contributed by atoms with E-state index < -0.39 is 11.1 Å². The van der Waals surface area contributed by atoms with E-state index in [1.807, 2.05) is 34.7 Å². The molecule has 2 aromatic rings. The molecule has 0 saturated carbocycles. The molecule has 0 bridgehead atoms. The van der Waals surface area contributed by atoms with Crippen LogP contribution in [0.1, 0.15) is 6.92 Å². The van der Waals surface area contributed by atoms with Crippen molar-refractivity contribution in [2.24, 2.45) is 0 Å². The first-order chi connectivity index (χ1) is 9.25. The Morgan fingerprint density at radius 3 is 2.37 bits per heavy atom. The Morgan fingerprint density at radius 1 is 1.00 bits per heavy atom. The molecule has 2 nitrogen and oxygen atoms in total. The van der Waals surface area contributed by atoms with Crippen molar-refractivity contribution in [1.82, 2.24) is 0 Å². The fourth-order valence-corrected chi connectivity index (χ4v) is 3.88. The van der Waals surface area contributed by atoms with Gasteiger partial charge in [-0.3, -0.25) is 9.10 Å². The lowest BCUT2D eigenvalue weighted by Crippen LogP contribution is -2.22. The Morgan fingerprint density at radius 2 is 1.68 bits per heavy atom. The Kier molecular flexibility index (Phi) is 3.13. The summed E-state index contributed by atoms with van der Waals surface area (Å²) in [4.78, 5) is 11.9. The summed E-state index contributed by atoms with van der Waals surface area (Å²) in [5.74, 6) is 0.0811. The van der Waals surface area contributed by atoms with Crippen molar-refractivity contribution in [2.75, 3.05) is 4.31 Å². The second-order valence-corrected chi connectivity index (χ2v) is 6.18. The molecule has 0 unspecified atom stereocenters. The van der Waals surface area contributed by atoms with Crippen molar-refractivity contribution in [3.05, 3.63) is 65.4 Å². The molecule has 0 N–H and O–H groups in total. The van der Waals surface area contributed by atoms with Gasteiger partial charge >= 0.3 is 0 Å². The fourth-order valence-electron chi connectivity index (χ4n) is 2.24. The largest absolute Gasteiger partial charge is 0.274 e. The van der Waals surface area contributed by atoms with Crippen LogP contribution in [-0.2, 0) is 4.79 Å². The van der Waals surface area contributed by atoms with Gasteiger partial charge in [0.2, 0.25) is 5.91 Å². The molecule has 0 aliphatic carbocycles. The molecule has 96 valence electrons. The zero-order chi connectivity index (χ0) is 13.2. The van der Waals surface area contributed by atoms with Crippen LogP contribution in [0.4, 0.5) is 5.69 Å². The predicted molar refractivity (Wildman–Crippen MR) is 84.4 cm³/mol. The number of hydrogen-bond donors (Lipinski definition) is 1. The summed E-state index contributed by atoms with van der Waals surface area (Å²) in [6.45, 7) is 1.62. The second kappa shape index (κ2) is 4.94. The Bertz CT molecular complexity index is 678. The summed E-state index contributed by atoms with van der Waals surface area (Å²) in [5, 5.41) is 6.53. The van der Waals surface area contributed by atoms with E-state index in [4.69, 9.17) is 0 Å². The van der Waals surface area contributed by atoms with Gasteiger partial charge in [-0.05, 0) is 33.7 Å². The topological polar surface area (TPSA) is 20.3 Å². The van der Waals surface area contributed by atoms with Gasteiger partial charge in [-0.25, -0.2) is 0 Å². The first kappa shape index (κ1) is 12.1. The van der Waals surface area contributed by atoms with Gasteiger partial charge in [0.15, 0.2) is 0 Å².